The van der Waals surface area contributed by atoms with E-state index in [0.717, 1.165) is 5.34 Å². The third-order valence-corrected chi connectivity index (χ3v) is 11.2. The fourth-order valence-electron chi connectivity index (χ4n) is 3.16. The Hall–Kier alpha value is -2.45. The second kappa shape index (κ2) is 52.4. The maximum Gasteiger partial charge on any atom is 1.00 e. The summed E-state index contributed by atoms with van der Waals surface area (Å²) in [5, 5.41) is 25.8. The SMILES string of the molecule is BrBr.CC#CC#CC#CC#CC#CC.CCOc1ccc(Br)c(Cl)c1F.CCOc1cccc(Cl)c1F.CCS(=O)(O)(CC)OO.Nc1cccc(Cl)c1F.O=N[O-].Oc1cccc(Cl)c1F.[Na+].[Na+].[OH-].[OH3+]. The van der Waals surface area contributed by atoms with Gasteiger partial charge in [-0.2, -0.15) is 0 Å². The van der Waals surface area contributed by atoms with Crippen LogP contribution in [-0.4, -0.2) is 49.3 Å². The zero-order valence-electron chi connectivity index (χ0n) is 39.1. The Labute approximate surface area is 499 Å². The van der Waals surface area contributed by atoms with Crippen molar-refractivity contribution < 1.29 is 121 Å². The fraction of sp³-hybridized carbons (Fsp3) is 0.227. The van der Waals surface area contributed by atoms with Gasteiger partial charge in [0.15, 0.2) is 40.5 Å². The van der Waals surface area contributed by atoms with E-state index in [9.17, 15) is 21.8 Å². The van der Waals surface area contributed by atoms with Gasteiger partial charge in [0, 0.05) is 44.2 Å². The van der Waals surface area contributed by atoms with E-state index in [1.165, 1.54) is 56.3 Å². The molecule has 4 aromatic carbocycles. The molecule has 0 saturated heterocycles. The largest absolute Gasteiger partial charge is 1.00 e. The Morgan fingerprint density at radius 1 is 0.676 bits per heavy atom. The number of nitrogen functional groups attached to an aromatic ring is 1. The maximum atomic E-state index is 13.2. The molecule has 0 aliphatic rings. The van der Waals surface area contributed by atoms with Gasteiger partial charge in [0.2, 0.25) is 0 Å². The molecule has 0 unspecified atom stereocenters. The third kappa shape index (κ3) is 41.6. The molecule has 0 aliphatic heterocycles. The molecule has 0 fully saturated rings. The monoisotopic (exact) mass is 1310 g/mol. The second-order valence-electron chi connectivity index (χ2n) is 10.7. The molecule has 0 aliphatic carbocycles. The van der Waals surface area contributed by atoms with Crippen molar-refractivity contribution in [2.24, 2.45) is 5.34 Å². The van der Waals surface area contributed by atoms with E-state index in [1.54, 1.807) is 52.0 Å². The molecule has 0 bridgehead atoms. The van der Waals surface area contributed by atoms with Gasteiger partial charge >= 0.3 is 59.1 Å². The van der Waals surface area contributed by atoms with E-state index in [2.05, 4.69) is 108 Å². The van der Waals surface area contributed by atoms with Gasteiger partial charge in [-0.25, -0.2) is 27.0 Å². The number of aromatic hydroxyl groups is 1. The van der Waals surface area contributed by atoms with Crippen molar-refractivity contribution in [3.63, 3.8) is 0 Å². The average molecular weight is 1310 g/mol. The van der Waals surface area contributed by atoms with Crippen molar-refractivity contribution in [1.29, 1.82) is 0 Å². The van der Waals surface area contributed by atoms with Crippen LogP contribution in [0.3, 0.4) is 0 Å². The number of anilines is 1. The first-order valence-corrected chi connectivity index (χ1v) is 26.2. The van der Waals surface area contributed by atoms with Gasteiger partial charge < -0.3 is 45.9 Å². The van der Waals surface area contributed by atoms with Crippen molar-refractivity contribution >= 4 is 106 Å². The first-order valence-electron chi connectivity index (χ1n) is 18.0. The van der Waals surface area contributed by atoms with E-state index >= 15 is 0 Å². The van der Waals surface area contributed by atoms with Crippen LogP contribution < -0.4 is 74.3 Å². The minimum absolute atomic E-state index is 0. The van der Waals surface area contributed by atoms with Crippen molar-refractivity contribution in [2.45, 2.75) is 41.5 Å². The minimum atomic E-state index is -4.09. The summed E-state index contributed by atoms with van der Waals surface area (Å²) in [6, 6.07) is 16.5. The second-order valence-corrected chi connectivity index (χ2v) is 16.7. The average Bonchev–Trinajstić information content (AvgIpc) is 3.32. The summed E-state index contributed by atoms with van der Waals surface area (Å²) < 4.78 is 84.9. The first-order chi connectivity index (χ1) is 31.6. The van der Waals surface area contributed by atoms with Gasteiger partial charge in [-0.05, 0) is 140 Å². The van der Waals surface area contributed by atoms with E-state index in [4.69, 9.17) is 86.6 Å². The summed E-state index contributed by atoms with van der Waals surface area (Å²) in [7, 11) is -4.09. The van der Waals surface area contributed by atoms with Crippen molar-refractivity contribution in [2.75, 3.05) is 30.5 Å². The Morgan fingerprint density at radius 2 is 1.03 bits per heavy atom. The molecule has 4 rings (SSSR count). The van der Waals surface area contributed by atoms with Gasteiger partial charge in [-0.3, -0.25) is 0 Å². The number of benzene rings is 4. The molecular formula is C44H46Br3Cl4F4N2Na2O11S+. The van der Waals surface area contributed by atoms with Crippen LogP contribution in [0.1, 0.15) is 41.5 Å². The number of rotatable bonds is 7. The quantitative estimate of drug-likeness (QED) is 0.0164. The van der Waals surface area contributed by atoms with Crippen LogP contribution in [0.25, 0.3) is 0 Å². The predicted octanol–water partition coefficient (Wildman–Crippen LogP) is 7.38. The van der Waals surface area contributed by atoms with Crippen LogP contribution >= 0.6 is 90.6 Å². The van der Waals surface area contributed by atoms with Gasteiger partial charge in [0.05, 0.1) is 39.0 Å². The summed E-state index contributed by atoms with van der Waals surface area (Å²) in [6.45, 7) is 10.8. The molecule has 382 valence electrons. The summed E-state index contributed by atoms with van der Waals surface area (Å²) in [6.07, 6.45) is 0. The molecule has 0 aromatic heterocycles. The third-order valence-electron chi connectivity index (χ3n) is 6.42. The summed E-state index contributed by atoms with van der Waals surface area (Å²) >= 11 is 30.4. The van der Waals surface area contributed by atoms with Crippen LogP contribution in [0.5, 0.6) is 17.2 Å². The van der Waals surface area contributed by atoms with Crippen LogP contribution in [0.4, 0.5) is 23.2 Å². The number of hydrogen-bond donors (Lipinski definition) is 4. The van der Waals surface area contributed by atoms with Crippen LogP contribution in [0, 0.1) is 92.6 Å². The van der Waals surface area contributed by atoms with E-state index in [-0.39, 0.29) is 119 Å². The van der Waals surface area contributed by atoms with E-state index < -0.39 is 38.6 Å². The van der Waals surface area contributed by atoms with E-state index in [1.807, 2.05) is 0 Å². The molecule has 71 heavy (non-hydrogen) atoms. The first kappa shape index (κ1) is 85.3. The molecule has 4 aromatic rings. The van der Waals surface area contributed by atoms with Gasteiger partial charge in [0.25, 0.3) is 0 Å². The summed E-state index contributed by atoms with van der Waals surface area (Å²) in [5.74, 6) is 23.1. The van der Waals surface area contributed by atoms with Crippen LogP contribution in [0.2, 0.25) is 20.1 Å². The summed E-state index contributed by atoms with van der Waals surface area (Å²) in [4.78, 5) is 8.00. The molecular weight excluding hydrogens is 1270 g/mol. The number of phenols is 1. The maximum absolute atomic E-state index is 13.2. The topological polar surface area (TPSA) is 247 Å². The van der Waals surface area contributed by atoms with Gasteiger partial charge in [-0.15, -0.1) is 9.67 Å². The van der Waals surface area contributed by atoms with Crippen molar-refractivity contribution in [3.8, 4) is 76.5 Å². The van der Waals surface area contributed by atoms with E-state index in [0.29, 0.717) is 17.7 Å². The molecule has 0 amide bonds. The van der Waals surface area contributed by atoms with Gasteiger partial charge in [-0.1, -0.05) is 90.3 Å². The Morgan fingerprint density at radius 3 is 1.34 bits per heavy atom. The van der Waals surface area contributed by atoms with Gasteiger partial charge in [0.1, 0.15) is 9.63 Å². The standard InChI is InChI=1S/C12H6.C8H7BrClFO.C8H8ClFO.C6H5ClFN.C6H4ClFO.C4H12O4S.Br2.HNO2.2Na.2H2O/c1-3-5-7-9-11-12-10-8-6-4-2;1-2-12-6-4-3-5(9)7(10)8(6)11;1-2-11-7-5-3-4-6(9)8(7)10;2*7-4-2-1-3-5(9)6(4)8;1-3-9(6,7,4-2)8-5;1-2;2-1-3;;;;/h1-2H3;3-4H,2H2,1H3;3-5H,2H2,1H3;1-3H,9H2;1-3,9H;5H,3-4H2,1-2H3,(H,6,7);;(H,2,3);;;2*1H2/q;;;;;;;;2*+1;;/p-1. The Kier molecular flexibility index (Phi) is 63.0. The molecule has 0 saturated carbocycles. The zero-order valence-corrected chi connectivity index (χ0v) is 51.7. The number of nitrogens with two attached hydrogens (primary N) is 1. The molecule has 0 heterocycles. The fourth-order valence-corrected chi connectivity index (χ4v) is 4.76. The molecule has 13 nitrogen and oxygen atoms in total. The van der Waals surface area contributed by atoms with Crippen LogP contribution in [0.15, 0.2) is 76.5 Å². The van der Waals surface area contributed by atoms with Crippen molar-refractivity contribution in [1.82, 2.24) is 0 Å². The number of halogens is 11. The zero-order chi connectivity index (χ0) is 52.5. The molecule has 0 spiro atoms. The number of nitrogens with zero attached hydrogens (tertiary/aromatic N) is 1. The predicted molar refractivity (Wildman–Crippen MR) is 281 cm³/mol. The minimum Gasteiger partial charge on any atom is -0.870 e. The smallest absolute Gasteiger partial charge is 0.870 e. The number of hydrogen-bond acceptors (Lipinski definition) is 11. The molecule has 0 radical (unpaired) electrons. The number of phenolic OH excluding ortho intramolecular Hbond substituents is 1. The molecule has 0 atom stereocenters. The summed E-state index contributed by atoms with van der Waals surface area (Å²) in [5.41, 5.74) is 5.25. The Balaban J connectivity index is -0.000000109. The van der Waals surface area contributed by atoms with Crippen molar-refractivity contribution in [3.05, 3.63) is 125 Å². The number of ether oxygens (including phenoxy) is 2. The molecule has 9 N–H and O–H groups in total. The van der Waals surface area contributed by atoms with Crippen LogP contribution in [-0.2, 0) is 19.4 Å². The Bertz CT molecular complexity index is 2380. The molecule has 27 heteroatoms. The normalized spacial score (nSPS) is 8.63.